The molecule has 0 radical (unpaired) electrons. The second kappa shape index (κ2) is 21.0. The SMILES string of the molecule is CCCCCCCCCCCCOc1ccc(C(=O)Oc2ccc(C(=O)OCCC(C)CCCC(C)C)cc2)cc1. The molecule has 0 aliphatic rings. The van der Waals surface area contributed by atoms with E-state index in [-0.39, 0.29) is 5.97 Å². The van der Waals surface area contributed by atoms with Gasteiger partial charge in [0.25, 0.3) is 0 Å². The third-order valence-corrected chi connectivity index (χ3v) is 7.48. The fourth-order valence-electron chi connectivity index (χ4n) is 4.75. The number of carbonyl (C=O) groups is 2. The highest BCUT2D eigenvalue weighted by Gasteiger charge is 2.12. The van der Waals surface area contributed by atoms with Gasteiger partial charge in [-0.05, 0) is 73.2 Å². The Morgan fingerprint density at radius 2 is 1.12 bits per heavy atom. The van der Waals surface area contributed by atoms with E-state index in [9.17, 15) is 9.59 Å². The van der Waals surface area contributed by atoms with Gasteiger partial charge < -0.3 is 14.2 Å². The molecular formula is C36H54O5. The largest absolute Gasteiger partial charge is 0.494 e. The van der Waals surface area contributed by atoms with Gasteiger partial charge in [0, 0.05) is 0 Å². The van der Waals surface area contributed by atoms with E-state index in [4.69, 9.17) is 14.2 Å². The van der Waals surface area contributed by atoms with Gasteiger partial charge >= 0.3 is 11.9 Å². The van der Waals surface area contributed by atoms with Crippen LogP contribution in [0, 0.1) is 11.8 Å². The van der Waals surface area contributed by atoms with Gasteiger partial charge in [-0.1, -0.05) is 105 Å². The molecule has 1 atom stereocenters. The molecule has 2 aromatic carbocycles. The van der Waals surface area contributed by atoms with Crippen molar-refractivity contribution in [2.45, 2.75) is 118 Å². The Balaban J connectivity index is 1.62. The smallest absolute Gasteiger partial charge is 0.343 e. The van der Waals surface area contributed by atoms with Crippen LogP contribution < -0.4 is 9.47 Å². The molecule has 0 saturated heterocycles. The molecule has 0 aliphatic carbocycles. The highest BCUT2D eigenvalue weighted by atomic mass is 16.5. The van der Waals surface area contributed by atoms with Gasteiger partial charge in [0.05, 0.1) is 24.3 Å². The molecule has 0 aliphatic heterocycles. The fourth-order valence-corrected chi connectivity index (χ4v) is 4.75. The lowest BCUT2D eigenvalue weighted by molar-refractivity contribution is 0.0483. The van der Waals surface area contributed by atoms with E-state index < -0.39 is 5.97 Å². The van der Waals surface area contributed by atoms with Gasteiger partial charge in [-0.15, -0.1) is 0 Å². The number of esters is 2. The van der Waals surface area contributed by atoms with Crippen LogP contribution in [0.5, 0.6) is 11.5 Å². The Hall–Kier alpha value is -2.82. The second-order valence-electron chi connectivity index (χ2n) is 11.8. The average Bonchev–Trinajstić information content (AvgIpc) is 2.96. The minimum atomic E-state index is -0.451. The number of rotatable bonds is 22. The molecule has 41 heavy (non-hydrogen) atoms. The molecule has 0 heterocycles. The van der Waals surface area contributed by atoms with Crippen molar-refractivity contribution in [2.75, 3.05) is 13.2 Å². The number of unbranched alkanes of at least 4 members (excludes halogenated alkanes) is 9. The zero-order valence-corrected chi connectivity index (χ0v) is 26.1. The molecule has 228 valence electrons. The minimum Gasteiger partial charge on any atom is -0.494 e. The summed E-state index contributed by atoms with van der Waals surface area (Å²) in [5.41, 5.74) is 0.892. The van der Waals surface area contributed by atoms with E-state index in [2.05, 4.69) is 27.7 Å². The first-order valence-electron chi connectivity index (χ1n) is 16.1. The summed E-state index contributed by atoms with van der Waals surface area (Å²) in [6.07, 6.45) is 17.4. The topological polar surface area (TPSA) is 61.8 Å². The van der Waals surface area contributed by atoms with Crippen LogP contribution in [-0.4, -0.2) is 25.2 Å². The van der Waals surface area contributed by atoms with Crippen LogP contribution in [-0.2, 0) is 4.74 Å². The first-order chi connectivity index (χ1) is 19.9. The molecule has 0 fully saturated rings. The monoisotopic (exact) mass is 566 g/mol. The number of ether oxygens (including phenoxy) is 3. The standard InChI is InChI=1S/C36H54O5/c1-5-6-7-8-9-10-11-12-13-14-27-39-33-22-18-32(19-23-33)36(38)41-34-24-20-31(21-25-34)35(37)40-28-26-30(4)17-15-16-29(2)3/h18-25,29-30H,5-17,26-28H2,1-4H3. The summed E-state index contributed by atoms with van der Waals surface area (Å²) >= 11 is 0. The summed E-state index contributed by atoms with van der Waals surface area (Å²) in [4.78, 5) is 24.9. The lowest BCUT2D eigenvalue weighted by Gasteiger charge is -2.12. The van der Waals surface area contributed by atoms with E-state index >= 15 is 0 Å². The van der Waals surface area contributed by atoms with Crippen LogP contribution in [0.3, 0.4) is 0 Å². The molecule has 2 aromatic rings. The predicted octanol–water partition coefficient (Wildman–Crippen LogP) is 10.2. The maximum absolute atomic E-state index is 12.6. The highest BCUT2D eigenvalue weighted by molar-refractivity contribution is 5.92. The van der Waals surface area contributed by atoms with Gasteiger partial charge in [0.1, 0.15) is 11.5 Å². The zero-order chi connectivity index (χ0) is 29.7. The zero-order valence-electron chi connectivity index (χ0n) is 26.1. The van der Waals surface area contributed by atoms with Crippen LogP contribution in [0.1, 0.15) is 138 Å². The predicted molar refractivity (Wildman–Crippen MR) is 168 cm³/mol. The Morgan fingerprint density at radius 3 is 1.71 bits per heavy atom. The van der Waals surface area contributed by atoms with Crippen molar-refractivity contribution in [3.8, 4) is 11.5 Å². The Bertz CT molecular complexity index is 964. The first kappa shape index (κ1) is 34.4. The van der Waals surface area contributed by atoms with E-state index in [1.165, 1.54) is 70.6 Å². The molecule has 0 aromatic heterocycles. The quantitative estimate of drug-likeness (QED) is 0.0806. The molecular weight excluding hydrogens is 512 g/mol. The van der Waals surface area contributed by atoms with Gasteiger partial charge in [-0.25, -0.2) is 9.59 Å². The van der Waals surface area contributed by atoms with Crippen LogP contribution in [0.25, 0.3) is 0 Å². The Kier molecular flexibility index (Phi) is 17.6. The van der Waals surface area contributed by atoms with Crippen LogP contribution in [0.2, 0.25) is 0 Å². The van der Waals surface area contributed by atoms with Crippen molar-refractivity contribution in [3.63, 3.8) is 0 Å². The van der Waals surface area contributed by atoms with E-state index in [1.807, 2.05) is 0 Å². The van der Waals surface area contributed by atoms with Gasteiger partial charge in [-0.3, -0.25) is 0 Å². The molecule has 2 rings (SSSR count). The van der Waals surface area contributed by atoms with Crippen molar-refractivity contribution in [3.05, 3.63) is 59.7 Å². The molecule has 0 amide bonds. The molecule has 5 heteroatoms. The van der Waals surface area contributed by atoms with E-state index in [0.29, 0.717) is 36.0 Å². The summed E-state index contributed by atoms with van der Waals surface area (Å²) in [5.74, 6) is 1.59. The van der Waals surface area contributed by atoms with Crippen LogP contribution in [0.15, 0.2) is 48.5 Å². The molecule has 1 unspecified atom stereocenters. The van der Waals surface area contributed by atoms with Gasteiger partial charge in [0.15, 0.2) is 0 Å². The lowest BCUT2D eigenvalue weighted by atomic mass is 9.98. The number of hydrogen-bond acceptors (Lipinski definition) is 5. The van der Waals surface area contributed by atoms with Gasteiger partial charge in [0.2, 0.25) is 0 Å². The summed E-state index contributed by atoms with van der Waals surface area (Å²) in [5, 5.41) is 0. The van der Waals surface area contributed by atoms with Crippen molar-refractivity contribution in [2.24, 2.45) is 11.8 Å². The summed E-state index contributed by atoms with van der Waals surface area (Å²) in [7, 11) is 0. The van der Waals surface area contributed by atoms with Crippen LogP contribution in [0.4, 0.5) is 0 Å². The summed E-state index contributed by atoms with van der Waals surface area (Å²) in [6.45, 7) is 10.0. The lowest BCUT2D eigenvalue weighted by Crippen LogP contribution is -2.10. The second-order valence-corrected chi connectivity index (χ2v) is 11.8. The molecule has 0 spiro atoms. The average molecular weight is 567 g/mol. The summed E-state index contributed by atoms with van der Waals surface area (Å²) < 4.78 is 16.8. The summed E-state index contributed by atoms with van der Waals surface area (Å²) in [6, 6.07) is 13.5. The third kappa shape index (κ3) is 15.7. The normalized spacial score (nSPS) is 11.8. The highest BCUT2D eigenvalue weighted by Crippen LogP contribution is 2.19. The molecule has 5 nitrogen and oxygen atoms in total. The van der Waals surface area contributed by atoms with E-state index in [1.54, 1.807) is 48.5 Å². The molecule has 0 saturated carbocycles. The van der Waals surface area contributed by atoms with Crippen molar-refractivity contribution >= 4 is 11.9 Å². The van der Waals surface area contributed by atoms with Crippen LogP contribution >= 0.6 is 0 Å². The van der Waals surface area contributed by atoms with Crippen molar-refractivity contribution in [1.82, 2.24) is 0 Å². The van der Waals surface area contributed by atoms with Crippen molar-refractivity contribution in [1.29, 1.82) is 0 Å². The number of hydrogen-bond donors (Lipinski definition) is 0. The van der Waals surface area contributed by atoms with Crippen molar-refractivity contribution < 1.29 is 23.8 Å². The molecule has 0 bridgehead atoms. The molecule has 0 N–H and O–H groups in total. The Morgan fingerprint density at radius 1 is 0.585 bits per heavy atom. The third-order valence-electron chi connectivity index (χ3n) is 7.48. The maximum Gasteiger partial charge on any atom is 0.343 e. The fraction of sp³-hybridized carbons (Fsp3) is 0.611. The van der Waals surface area contributed by atoms with Gasteiger partial charge in [-0.2, -0.15) is 0 Å². The Labute approximate surface area is 249 Å². The first-order valence-corrected chi connectivity index (χ1v) is 16.1. The van der Waals surface area contributed by atoms with E-state index in [0.717, 1.165) is 30.9 Å². The number of benzene rings is 2. The maximum atomic E-state index is 12.6. The minimum absolute atomic E-state index is 0.356. The number of carbonyl (C=O) groups excluding carboxylic acids is 2.